The molecule has 0 fully saturated rings. The summed E-state index contributed by atoms with van der Waals surface area (Å²) in [4.78, 5) is 22.0. The first kappa shape index (κ1) is 13.3. The molecule has 0 atom stereocenters. The van der Waals surface area contributed by atoms with Gasteiger partial charge in [0.15, 0.2) is 0 Å². The van der Waals surface area contributed by atoms with Gasteiger partial charge in [0, 0.05) is 43.3 Å². The van der Waals surface area contributed by atoms with Crippen molar-refractivity contribution >= 4 is 17.4 Å². The third-order valence-electron chi connectivity index (χ3n) is 3.43. The van der Waals surface area contributed by atoms with E-state index in [0.29, 0.717) is 12.3 Å². The molecule has 0 N–H and O–H groups in total. The molecule has 0 saturated heterocycles. The van der Waals surface area contributed by atoms with Crippen LogP contribution in [-0.2, 0) is 4.79 Å². The second-order valence-corrected chi connectivity index (χ2v) is 4.76. The third-order valence-corrected chi connectivity index (χ3v) is 3.43. The zero-order valence-electron chi connectivity index (χ0n) is 12.0. The van der Waals surface area contributed by atoms with Crippen molar-refractivity contribution in [2.24, 2.45) is 0 Å². The van der Waals surface area contributed by atoms with Crippen LogP contribution in [0.1, 0.15) is 13.8 Å². The first-order chi connectivity index (χ1) is 10.2. The molecule has 106 valence electrons. The van der Waals surface area contributed by atoms with Gasteiger partial charge in [0.05, 0.1) is 5.69 Å². The second-order valence-electron chi connectivity index (χ2n) is 4.76. The molecule has 0 saturated carbocycles. The number of amides is 1. The van der Waals surface area contributed by atoms with Crippen LogP contribution < -0.4 is 4.90 Å². The molecule has 1 amide bonds. The molecule has 0 aliphatic rings. The minimum atomic E-state index is 0.0437. The summed E-state index contributed by atoms with van der Waals surface area (Å²) in [6.45, 7) is 4.20. The minimum absolute atomic E-state index is 0.0437. The molecule has 0 aliphatic heterocycles. The number of hydrogen-bond acceptors (Lipinski definition) is 3. The first-order valence-electron chi connectivity index (χ1n) is 6.87. The van der Waals surface area contributed by atoms with Crippen molar-refractivity contribution in [1.29, 1.82) is 0 Å². The maximum atomic E-state index is 11.5. The number of rotatable bonds is 3. The van der Waals surface area contributed by atoms with E-state index in [2.05, 4.69) is 9.97 Å². The summed E-state index contributed by atoms with van der Waals surface area (Å²) in [6, 6.07) is 9.78. The van der Waals surface area contributed by atoms with Crippen molar-refractivity contribution < 1.29 is 4.79 Å². The summed E-state index contributed by atoms with van der Waals surface area (Å²) < 4.78 is 1.87. The average Bonchev–Trinajstić information content (AvgIpc) is 2.95. The smallest absolute Gasteiger partial charge is 0.234 e. The molecule has 21 heavy (non-hydrogen) atoms. The highest BCUT2D eigenvalue weighted by molar-refractivity contribution is 5.91. The van der Waals surface area contributed by atoms with Crippen LogP contribution in [0.3, 0.4) is 0 Å². The molecule has 5 heteroatoms. The highest BCUT2D eigenvalue weighted by atomic mass is 16.2. The molecule has 3 rings (SSSR count). The lowest BCUT2D eigenvalue weighted by molar-refractivity contribution is -0.116. The Morgan fingerprint density at radius 2 is 1.95 bits per heavy atom. The zero-order chi connectivity index (χ0) is 14.8. The summed E-state index contributed by atoms with van der Waals surface area (Å²) in [5.41, 5.74) is 2.77. The van der Waals surface area contributed by atoms with E-state index in [1.807, 2.05) is 54.0 Å². The Morgan fingerprint density at radius 1 is 1.19 bits per heavy atom. The van der Waals surface area contributed by atoms with Gasteiger partial charge < -0.3 is 4.90 Å². The van der Waals surface area contributed by atoms with Gasteiger partial charge in [-0.1, -0.05) is 12.1 Å². The lowest BCUT2D eigenvalue weighted by Crippen LogP contribution is -2.27. The van der Waals surface area contributed by atoms with E-state index in [-0.39, 0.29) is 5.91 Å². The normalized spacial score (nSPS) is 10.8. The van der Waals surface area contributed by atoms with Crippen molar-refractivity contribution in [2.45, 2.75) is 13.8 Å². The van der Waals surface area contributed by atoms with E-state index < -0.39 is 0 Å². The minimum Gasteiger partial charge on any atom is -0.313 e. The molecule has 1 aromatic carbocycles. The van der Waals surface area contributed by atoms with Crippen LogP contribution in [0.25, 0.3) is 17.0 Å². The fourth-order valence-corrected chi connectivity index (χ4v) is 2.36. The fourth-order valence-electron chi connectivity index (χ4n) is 2.36. The van der Waals surface area contributed by atoms with Crippen LogP contribution in [0.4, 0.5) is 5.69 Å². The van der Waals surface area contributed by atoms with Crippen molar-refractivity contribution in [3.8, 4) is 11.3 Å². The second kappa shape index (κ2) is 5.36. The highest BCUT2D eigenvalue weighted by Gasteiger charge is 2.09. The lowest BCUT2D eigenvalue weighted by Gasteiger charge is -2.19. The van der Waals surface area contributed by atoms with Gasteiger partial charge in [0.2, 0.25) is 11.7 Å². The Morgan fingerprint density at radius 3 is 2.62 bits per heavy atom. The van der Waals surface area contributed by atoms with E-state index in [4.69, 9.17) is 0 Å². The van der Waals surface area contributed by atoms with Crippen LogP contribution in [0.15, 0.2) is 48.9 Å². The Kier molecular flexibility index (Phi) is 3.39. The molecule has 0 radical (unpaired) electrons. The van der Waals surface area contributed by atoms with E-state index in [0.717, 1.165) is 16.9 Å². The summed E-state index contributed by atoms with van der Waals surface area (Å²) in [5, 5.41) is 0. The quantitative estimate of drug-likeness (QED) is 0.741. The monoisotopic (exact) mass is 280 g/mol. The SMILES string of the molecule is CCN(C(C)=O)c1ccc(-c2ccn3ccnc3n2)cc1. The Balaban J connectivity index is 1.94. The molecule has 3 aromatic rings. The number of carbonyl (C=O) groups excluding carboxylic acids is 1. The molecule has 0 bridgehead atoms. The van der Waals surface area contributed by atoms with Crippen molar-refractivity contribution in [3.05, 3.63) is 48.9 Å². The summed E-state index contributed by atoms with van der Waals surface area (Å²) in [7, 11) is 0. The number of benzene rings is 1. The summed E-state index contributed by atoms with van der Waals surface area (Å²) >= 11 is 0. The van der Waals surface area contributed by atoms with Crippen molar-refractivity contribution in [3.63, 3.8) is 0 Å². The van der Waals surface area contributed by atoms with Gasteiger partial charge in [0.25, 0.3) is 0 Å². The lowest BCUT2D eigenvalue weighted by atomic mass is 10.1. The Hall–Kier alpha value is -2.69. The Labute approximate surface area is 122 Å². The maximum absolute atomic E-state index is 11.5. The Bertz CT molecular complexity index is 776. The molecule has 2 heterocycles. The molecular weight excluding hydrogens is 264 g/mol. The number of nitrogens with zero attached hydrogens (tertiary/aromatic N) is 4. The zero-order valence-corrected chi connectivity index (χ0v) is 12.0. The van der Waals surface area contributed by atoms with Crippen molar-refractivity contribution in [1.82, 2.24) is 14.4 Å². The van der Waals surface area contributed by atoms with Gasteiger partial charge >= 0.3 is 0 Å². The molecule has 5 nitrogen and oxygen atoms in total. The van der Waals surface area contributed by atoms with Crippen LogP contribution in [0.2, 0.25) is 0 Å². The number of fused-ring (bicyclic) bond motifs is 1. The van der Waals surface area contributed by atoms with E-state index >= 15 is 0 Å². The van der Waals surface area contributed by atoms with Crippen LogP contribution >= 0.6 is 0 Å². The number of anilines is 1. The van der Waals surface area contributed by atoms with E-state index in [1.54, 1.807) is 18.0 Å². The molecule has 0 spiro atoms. The predicted molar refractivity (Wildman–Crippen MR) is 82.1 cm³/mol. The van der Waals surface area contributed by atoms with Gasteiger partial charge in [0.1, 0.15) is 0 Å². The van der Waals surface area contributed by atoms with Gasteiger partial charge in [-0.25, -0.2) is 9.97 Å². The standard InChI is InChI=1S/C16H16N4O/c1-3-20(12(2)21)14-6-4-13(5-7-14)15-8-10-19-11-9-17-16(19)18-15/h4-11H,3H2,1-2H3. The molecule has 2 aromatic heterocycles. The van der Waals surface area contributed by atoms with Gasteiger partial charge in [-0.2, -0.15) is 0 Å². The number of hydrogen-bond donors (Lipinski definition) is 0. The van der Waals surface area contributed by atoms with Crippen LogP contribution in [0, 0.1) is 0 Å². The molecule has 0 unspecified atom stereocenters. The van der Waals surface area contributed by atoms with Gasteiger partial charge in [-0.3, -0.25) is 9.20 Å². The third kappa shape index (κ3) is 2.50. The topological polar surface area (TPSA) is 50.5 Å². The van der Waals surface area contributed by atoms with Crippen LogP contribution in [-0.4, -0.2) is 26.8 Å². The maximum Gasteiger partial charge on any atom is 0.234 e. The van der Waals surface area contributed by atoms with E-state index in [1.165, 1.54) is 0 Å². The average molecular weight is 280 g/mol. The fraction of sp³-hybridized carbons (Fsp3) is 0.188. The predicted octanol–water partition coefficient (Wildman–Crippen LogP) is 2.77. The first-order valence-corrected chi connectivity index (χ1v) is 6.87. The largest absolute Gasteiger partial charge is 0.313 e. The summed E-state index contributed by atoms with van der Waals surface area (Å²) in [5.74, 6) is 0.720. The van der Waals surface area contributed by atoms with Gasteiger partial charge in [-0.05, 0) is 25.1 Å². The van der Waals surface area contributed by atoms with Crippen molar-refractivity contribution in [2.75, 3.05) is 11.4 Å². The highest BCUT2D eigenvalue weighted by Crippen LogP contribution is 2.22. The van der Waals surface area contributed by atoms with Gasteiger partial charge in [-0.15, -0.1) is 0 Å². The van der Waals surface area contributed by atoms with Crippen LogP contribution in [0.5, 0.6) is 0 Å². The van der Waals surface area contributed by atoms with E-state index in [9.17, 15) is 4.79 Å². The molecule has 0 aliphatic carbocycles. The number of imidazole rings is 1. The summed E-state index contributed by atoms with van der Waals surface area (Å²) in [6.07, 6.45) is 5.52. The number of aromatic nitrogens is 3. The number of carbonyl (C=O) groups is 1. The molecular formula is C16H16N4O.